The first kappa shape index (κ1) is 19.7. The number of rotatable bonds is 8. The number of hydrogen-bond donors (Lipinski definition) is 1. The Morgan fingerprint density at radius 2 is 2.15 bits per heavy atom. The summed E-state index contributed by atoms with van der Waals surface area (Å²) in [6, 6.07) is 6.22. The van der Waals surface area contributed by atoms with E-state index in [0.717, 1.165) is 0 Å². The van der Waals surface area contributed by atoms with E-state index in [1.807, 2.05) is 0 Å². The Bertz CT molecular complexity index is 762. The zero-order valence-electron chi connectivity index (χ0n) is 13.7. The van der Waals surface area contributed by atoms with E-state index in [0.29, 0.717) is 23.0 Å². The first-order valence-electron chi connectivity index (χ1n) is 7.55. The summed E-state index contributed by atoms with van der Waals surface area (Å²) >= 11 is 1.24. The highest BCUT2D eigenvalue weighted by Crippen LogP contribution is 2.21. The second kappa shape index (κ2) is 9.18. The van der Waals surface area contributed by atoms with Crippen LogP contribution in [-0.4, -0.2) is 36.6 Å². The van der Waals surface area contributed by atoms with Crippen LogP contribution < -0.4 is 10.2 Å². The van der Waals surface area contributed by atoms with Crippen molar-refractivity contribution in [2.45, 2.75) is 19.5 Å². The van der Waals surface area contributed by atoms with Crippen molar-refractivity contribution in [3.8, 4) is 5.75 Å². The van der Waals surface area contributed by atoms with E-state index in [4.69, 9.17) is 9.47 Å². The van der Waals surface area contributed by atoms with Crippen LogP contribution in [0.3, 0.4) is 0 Å². The number of para-hydroxylation sites is 1. The standard InChI is InChI=1S/C16H16F3N3O3S/c1-2-24-14(23)7-12-9-26-15(21-12)22-20-8-11-5-3-4-6-13(11)25-10-16(17,18)19/h3-6,8-9H,2,7,10H2,1H3,(H,21,22). The Balaban J connectivity index is 1.94. The molecule has 0 amide bonds. The molecule has 0 aliphatic rings. The van der Waals surface area contributed by atoms with Crippen LogP contribution in [0.25, 0.3) is 0 Å². The molecule has 1 heterocycles. The molecule has 140 valence electrons. The maximum absolute atomic E-state index is 12.3. The van der Waals surface area contributed by atoms with Crippen molar-refractivity contribution in [2.24, 2.45) is 5.10 Å². The van der Waals surface area contributed by atoms with E-state index < -0.39 is 12.8 Å². The molecule has 26 heavy (non-hydrogen) atoms. The quantitative estimate of drug-likeness (QED) is 0.425. The Kier molecular flexibility index (Phi) is 6.96. The third kappa shape index (κ3) is 6.71. The Morgan fingerprint density at radius 3 is 2.88 bits per heavy atom. The van der Waals surface area contributed by atoms with E-state index in [-0.39, 0.29) is 18.1 Å². The van der Waals surface area contributed by atoms with Gasteiger partial charge in [-0.2, -0.15) is 18.3 Å². The number of carbonyl (C=O) groups excluding carboxylic acids is 1. The lowest BCUT2D eigenvalue weighted by molar-refractivity contribution is -0.153. The molecule has 1 aromatic heterocycles. The molecule has 0 bridgehead atoms. The molecule has 2 rings (SSSR count). The molecule has 6 nitrogen and oxygen atoms in total. The minimum absolute atomic E-state index is 0.0594. The number of ether oxygens (including phenoxy) is 2. The van der Waals surface area contributed by atoms with Gasteiger partial charge >= 0.3 is 12.1 Å². The van der Waals surface area contributed by atoms with Crippen molar-refractivity contribution in [3.63, 3.8) is 0 Å². The Morgan fingerprint density at radius 1 is 1.38 bits per heavy atom. The van der Waals surface area contributed by atoms with Crippen LogP contribution in [0, 0.1) is 0 Å². The summed E-state index contributed by atoms with van der Waals surface area (Å²) in [7, 11) is 0. The zero-order chi connectivity index (χ0) is 19.0. The highest BCUT2D eigenvalue weighted by molar-refractivity contribution is 7.13. The molecule has 0 aliphatic heterocycles. The van der Waals surface area contributed by atoms with Gasteiger partial charge < -0.3 is 9.47 Å². The molecule has 1 aromatic carbocycles. The van der Waals surface area contributed by atoms with Crippen molar-refractivity contribution in [1.82, 2.24) is 4.98 Å². The Hall–Kier alpha value is -2.62. The second-order valence-electron chi connectivity index (χ2n) is 4.94. The number of hydrogen-bond acceptors (Lipinski definition) is 7. The van der Waals surface area contributed by atoms with Gasteiger partial charge in [-0.25, -0.2) is 4.98 Å². The molecule has 0 spiro atoms. The molecular formula is C16H16F3N3O3S. The van der Waals surface area contributed by atoms with E-state index >= 15 is 0 Å². The fourth-order valence-corrected chi connectivity index (χ4v) is 2.49. The first-order valence-corrected chi connectivity index (χ1v) is 8.43. The number of esters is 1. The van der Waals surface area contributed by atoms with Crippen molar-refractivity contribution >= 4 is 28.7 Å². The van der Waals surface area contributed by atoms with Crippen LogP contribution in [0.1, 0.15) is 18.2 Å². The number of anilines is 1. The summed E-state index contributed by atoms with van der Waals surface area (Å²) in [5.74, 6) is -0.305. The zero-order valence-corrected chi connectivity index (χ0v) is 14.6. The second-order valence-corrected chi connectivity index (χ2v) is 5.80. The number of halogens is 3. The van der Waals surface area contributed by atoms with Crippen LogP contribution in [0.4, 0.5) is 18.3 Å². The van der Waals surface area contributed by atoms with Gasteiger partial charge in [0.1, 0.15) is 5.75 Å². The normalized spacial score (nSPS) is 11.5. The van der Waals surface area contributed by atoms with E-state index in [2.05, 4.69) is 15.5 Å². The smallest absolute Gasteiger partial charge is 0.422 e. The predicted molar refractivity (Wildman–Crippen MR) is 91.7 cm³/mol. The Labute approximate surface area is 151 Å². The highest BCUT2D eigenvalue weighted by Gasteiger charge is 2.28. The number of nitrogens with zero attached hydrogens (tertiary/aromatic N) is 2. The summed E-state index contributed by atoms with van der Waals surface area (Å²) in [5, 5.41) is 6.07. The van der Waals surface area contributed by atoms with Gasteiger partial charge in [-0.05, 0) is 19.1 Å². The van der Waals surface area contributed by atoms with Gasteiger partial charge in [0.25, 0.3) is 0 Å². The SMILES string of the molecule is CCOC(=O)Cc1csc(NN=Cc2ccccc2OCC(F)(F)F)n1. The summed E-state index contributed by atoms with van der Waals surface area (Å²) in [4.78, 5) is 15.6. The lowest BCUT2D eigenvalue weighted by Crippen LogP contribution is -2.19. The molecule has 10 heteroatoms. The van der Waals surface area contributed by atoms with Crippen LogP contribution in [0.5, 0.6) is 5.75 Å². The fourth-order valence-electron chi connectivity index (χ4n) is 1.83. The maximum Gasteiger partial charge on any atom is 0.422 e. The topological polar surface area (TPSA) is 72.8 Å². The van der Waals surface area contributed by atoms with Crippen LogP contribution in [-0.2, 0) is 16.0 Å². The summed E-state index contributed by atoms with van der Waals surface area (Å²) < 4.78 is 46.4. The summed E-state index contributed by atoms with van der Waals surface area (Å²) in [5.41, 5.74) is 3.59. The van der Waals surface area contributed by atoms with Crippen molar-refractivity contribution in [1.29, 1.82) is 0 Å². The third-order valence-corrected chi connectivity index (χ3v) is 3.65. The summed E-state index contributed by atoms with van der Waals surface area (Å²) in [6.07, 6.45) is -3.03. The molecule has 0 aliphatic carbocycles. The molecular weight excluding hydrogens is 371 g/mol. The van der Waals surface area contributed by atoms with E-state index in [1.54, 1.807) is 30.5 Å². The number of alkyl halides is 3. The maximum atomic E-state index is 12.3. The molecule has 0 saturated heterocycles. The number of hydrazone groups is 1. The van der Waals surface area contributed by atoms with Gasteiger partial charge in [-0.15, -0.1) is 11.3 Å². The molecule has 0 fully saturated rings. The number of nitrogens with one attached hydrogen (secondary N) is 1. The number of carbonyl (C=O) groups is 1. The molecule has 1 N–H and O–H groups in total. The number of aromatic nitrogens is 1. The van der Waals surface area contributed by atoms with E-state index in [1.165, 1.54) is 23.6 Å². The first-order chi connectivity index (χ1) is 12.4. The molecule has 0 unspecified atom stereocenters. The van der Waals surface area contributed by atoms with Crippen molar-refractivity contribution in [3.05, 3.63) is 40.9 Å². The van der Waals surface area contributed by atoms with Crippen LogP contribution in [0.2, 0.25) is 0 Å². The fraction of sp³-hybridized carbons (Fsp3) is 0.312. The highest BCUT2D eigenvalue weighted by atomic mass is 32.1. The lowest BCUT2D eigenvalue weighted by atomic mass is 10.2. The number of thiazole rings is 1. The van der Waals surface area contributed by atoms with Crippen LogP contribution in [0.15, 0.2) is 34.7 Å². The van der Waals surface area contributed by atoms with Gasteiger partial charge in [0.2, 0.25) is 5.13 Å². The predicted octanol–water partition coefficient (Wildman–Crippen LogP) is 3.64. The van der Waals surface area contributed by atoms with E-state index in [9.17, 15) is 18.0 Å². The monoisotopic (exact) mass is 387 g/mol. The van der Waals surface area contributed by atoms with Gasteiger partial charge in [-0.1, -0.05) is 12.1 Å². The van der Waals surface area contributed by atoms with Crippen molar-refractivity contribution in [2.75, 3.05) is 18.6 Å². The minimum atomic E-state index is -4.42. The molecule has 0 saturated carbocycles. The average molecular weight is 387 g/mol. The molecule has 0 atom stereocenters. The molecule has 0 radical (unpaired) electrons. The van der Waals surface area contributed by atoms with Gasteiger partial charge in [0, 0.05) is 10.9 Å². The largest absolute Gasteiger partial charge is 0.483 e. The average Bonchev–Trinajstić information content (AvgIpc) is 3.00. The van der Waals surface area contributed by atoms with Gasteiger partial charge in [0.15, 0.2) is 6.61 Å². The van der Waals surface area contributed by atoms with Gasteiger partial charge in [-0.3, -0.25) is 10.2 Å². The molecule has 2 aromatic rings. The minimum Gasteiger partial charge on any atom is -0.483 e. The van der Waals surface area contributed by atoms with Crippen molar-refractivity contribution < 1.29 is 27.4 Å². The lowest BCUT2D eigenvalue weighted by Gasteiger charge is -2.10. The number of benzene rings is 1. The third-order valence-electron chi connectivity index (χ3n) is 2.86. The summed E-state index contributed by atoms with van der Waals surface area (Å²) in [6.45, 7) is 0.639. The van der Waals surface area contributed by atoms with Gasteiger partial charge in [0.05, 0.1) is 24.9 Å². The van der Waals surface area contributed by atoms with Crippen LogP contribution >= 0.6 is 11.3 Å².